The van der Waals surface area contributed by atoms with Gasteiger partial charge in [-0.05, 0) is 18.0 Å². The minimum atomic E-state index is -1.77. The summed E-state index contributed by atoms with van der Waals surface area (Å²) in [6, 6.07) is 0. The highest BCUT2D eigenvalue weighted by molar-refractivity contribution is 6.63. The Morgan fingerprint density at radius 3 is 2.33 bits per heavy atom. The Bertz CT molecular complexity index is 180. The van der Waals surface area contributed by atoms with Crippen molar-refractivity contribution in [2.75, 3.05) is 0 Å². The minimum absolute atomic E-state index is 0.266. The summed E-state index contributed by atoms with van der Waals surface area (Å²) in [7, 11) is 0. The lowest BCUT2D eigenvalue weighted by Crippen LogP contribution is -1.86. The van der Waals surface area contributed by atoms with E-state index >= 15 is 0 Å². The lowest BCUT2D eigenvalue weighted by atomic mass is 10.1. The predicted octanol–water partition coefficient (Wildman–Crippen LogP) is 3.89. The fourth-order valence-corrected chi connectivity index (χ4v) is 1.23. The van der Waals surface area contributed by atoms with Gasteiger partial charge in [0.2, 0.25) is 5.24 Å². The number of unbranched alkanes of at least 4 members (excludes halogenated alkanes) is 5. The molecule has 0 aliphatic carbocycles. The first-order chi connectivity index (χ1) is 6.92. The van der Waals surface area contributed by atoms with Crippen molar-refractivity contribution in [1.29, 1.82) is 0 Å². The third-order valence-electron chi connectivity index (χ3n) is 1.80. The Morgan fingerprint density at radius 1 is 1.17 bits per heavy atom. The maximum Gasteiger partial charge on any atom is 0.221 e. The number of carbonyl (C=O) groups is 1. The first-order valence-electron chi connectivity index (χ1n) is 6.10. The molecule has 0 aromatic carbocycles. The van der Waals surface area contributed by atoms with E-state index < -0.39 is 6.85 Å². The maximum absolute atomic E-state index is 10.4. The highest BCUT2D eigenvalue weighted by atomic mass is 35.5. The molecule has 72 valence electrons. The third-order valence-corrected chi connectivity index (χ3v) is 1.99. The third kappa shape index (κ3) is 9.96. The van der Waals surface area contributed by atoms with Gasteiger partial charge in [-0.25, -0.2) is 0 Å². The normalized spacial score (nSPS) is 14.9. The van der Waals surface area contributed by atoms with E-state index in [4.69, 9.17) is 15.7 Å². The molecule has 0 saturated heterocycles. The topological polar surface area (TPSA) is 17.1 Å². The van der Waals surface area contributed by atoms with E-state index in [2.05, 4.69) is 0 Å². The Hall–Kier alpha value is -0.0400. The summed E-state index contributed by atoms with van der Waals surface area (Å²) in [5.41, 5.74) is 0. The molecule has 12 heavy (non-hydrogen) atoms. The van der Waals surface area contributed by atoms with Gasteiger partial charge in [-0.3, -0.25) is 4.79 Å². The number of carbonyl (C=O) groups excluding carboxylic acids is 1. The van der Waals surface area contributed by atoms with Crippen LogP contribution in [0, 0.1) is 0 Å². The van der Waals surface area contributed by atoms with E-state index in [1.807, 2.05) is 0 Å². The van der Waals surface area contributed by atoms with E-state index in [0.29, 0.717) is 12.8 Å². The monoisotopic (exact) mass is 193 g/mol. The van der Waals surface area contributed by atoms with Crippen molar-refractivity contribution in [3.8, 4) is 0 Å². The van der Waals surface area contributed by atoms with Gasteiger partial charge >= 0.3 is 0 Å². The predicted molar refractivity (Wildman–Crippen MR) is 53.5 cm³/mol. The van der Waals surface area contributed by atoms with Crippen molar-refractivity contribution in [2.24, 2.45) is 0 Å². The fourth-order valence-electron chi connectivity index (χ4n) is 1.10. The van der Waals surface area contributed by atoms with E-state index in [1.165, 1.54) is 0 Å². The summed E-state index contributed by atoms with van der Waals surface area (Å²) in [5, 5.41) is -0.266. The number of halogens is 1. The number of rotatable bonds is 8. The lowest BCUT2D eigenvalue weighted by molar-refractivity contribution is -0.111. The summed E-state index contributed by atoms with van der Waals surface area (Å²) < 4.78 is 21.0. The Balaban J connectivity index is 3.09. The first-order valence-corrected chi connectivity index (χ1v) is 4.98. The molecule has 0 atom stereocenters. The zero-order valence-electron chi connectivity index (χ0n) is 10.4. The summed E-state index contributed by atoms with van der Waals surface area (Å²) in [6.07, 6.45) is 6.47. The molecular weight excluding hydrogens is 172 g/mol. The van der Waals surface area contributed by atoms with Gasteiger partial charge in [0.1, 0.15) is 0 Å². The van der Waals surface area contributed by atoms with Gasteiger partial charge in [-0.1, -0.05) is 45.4 Å². The molecular formula is C10H19ClO. The van der Waals surface area contributed by atoms with Crippen LogP contribution in [0.4, 0.5) is 0 Å². The first kappa shape index (κ1) is 7.37. The summed E-state index contributed by atoms with van der Waals surface area (Å²) >= 11 is 5.19. The van der Waals surface area contributed by atoms with Crippen LogP contribution in [0.25, 0.3) is 0 Å². The fraction of sp³-hybridized carbons (Fsp3) is 0.900. The average Bonchev–Trinajstić information content (AvgIpc) is 2.07. The second-order valence-electron chi connectivity index (χ2n) is 2.98. The quantitative estimate of drug-likeness (QED) is 0.422. The molecule has 0 bridgehead atoms. The van der Waals surface area contributed by atoms with Crippen LogP contribution >= 0.6 is 11.6 Å². The summed E-state index contributed by atoms with van der Waals surface area (Å²) in [5.74, 6) is 0. The highest BCUT2D eigenvalue weighted by Gasteiger charge is 1.95. The minimum Gasteiger partial charge on any atom is -0.281 e. The molecule has 1 nitrogen and oxygen atoms in total. The zero-order chi connectivity index (χ0) is 11.7. The molecule has 0 heterocycles. The Kier molecular flexibility index (Phi) is 5.56. The average molecular weight is 194 g/mol. The number of hydrogen-bond donors (Lipinski definition) is 0. The van der Waals surface area contributed by atoms with Crippen LogP contribution in [0.2, 0.25) is 0 Å². The van der Waals surface area contributed by atoms with Gasteiger partial charge in [-0.15, -0.1) is 0 Å². The molecule has 2 heteroatoms. The van der Waals surface area contributed by atoms with Gasteiger partial charge in [0.25, 0.3) is 0 Å². The smallest absolute Gasteiger partial charge is 0.221 e. The molecule has 0 aliphatic rings. The zero-order valence-corrected chi connectivity index (χ0v) is 8.20. The second kappa shape index (κ2) is 9.05. The van der Waals surface area contributed by atoms with E-state index in [-0.39, 0.29) is 5.24 Å². The van der Waals surface area contributed by atoms with Crippen LogP contribution in [0.1, 0.15) is 62.3 Å². The van der Waals surface area contributed by atoms with Crippen molar-refractivity contribution >= 4 is 16.8 Å². The number of hydrogen-bond acceptors (Lipinski definition) is 1. The molecule has 0 aromatic heterocycles. The van der Waals surface area contributed by atoms with Gasteiger partial charge in [-0.2, -0.15) is 0 Å². The van der Waals surface area contributed by atoms with Crippen molar-refractivity contribution < 1.29 is 8.91 Å². The van der Waals surface area contributed by atoms with Crippen LogP contribution in [-0.2, 0) is 4.79 Å². The van der Waals surface area contributed by atoms with E-state index in [1.54, 1.807) is 0 Å². The molecule has 0 fully saturated rings. The summed E-state index contributed by atoms with van der Waals surface area (Å²) in [4.78, 5) is 10.4. The van der Waals surface area contributed by atoms with E-state index in [0.717, 1.165) is 38.5 Å². The van der Waals surface area contributed by atoms with Gasteiger partial charge < -0.3 is 0 Å². The molecule has 0 spiro atoms. The van der Waals surface area contributed by atoms with Crippen molar-refractivity contribution in [3.05, 3.63) is 0 Å². The maximum atomic E-state index is 10.4. The molecule has 0 rings (SSSR count). The molecule has 0 aromatic rings. The van der Waals surface area contributed by atoms with E-state index in [9.17, 15) is 4.79 Å². The summed E-state index contributed by atoms with van der Waals surface area (Å²) in [6.45, 7) is -1.77. The van der Waals surface area contributed by atoms with Crippen LogP contribution in [0.3, 0.4) is 0 Å². The molecule has 0 radical (unpaired) electrons. The van der Waals surface area contributed by atoms with Crippen molar-refractivity contribution in [1.82, 2.24) is 0 Å². The standard InChI is InChI=1S/C10H19ClO/c1-2-3-4-5-6-7-8-9-10(11)12/h2-9H2,1H3/i1D3. The van der Waals surface area contributed by atoms with Crippen LogP contribution < -0.4 is 0 Å². The van der Waals surface area contributed by atoms with Gasteiger partial charge in [0.15, 0.2) is 0 Å². The van der Waals surface area contributed by atoms with Crippen molar-refractivity contribution in [3.63, 3.8) is 0 Å². The van der Waals surface area contributed by atoms with Gasteiger partial charge in [0, 0.05) is 10.5 Å². The second-order valence-corrected chi connectivity index (χ2v) is 3.40. The molecule has 0 saturated carbocycles. The van der Waals surface area contributed by atoms with Gasteiger partial charge in [0.05, 0.1) is 0 Å². The molecule has 0 unspecified atom stereocenters. The Labute approximate surface area is 84.7 Å². The van der Waals surface area contributed by atoms with Crippen LogP contribution in [0.5, 0.6) is 0 Å². The molecule has 0 aliphatic heterocycles. The molecule has 0 amide bonds. The largest absolute Gasteiger partial charge is 0.281 e. The van der Waals surface area contributed by atoms with Crippen molar-refractivity contribution in [2.45, 2.75) is 58.2 Å². The van der Waals surface area contributed by atoms with Crippen LogP contribution in [0.15, 0.2) is 0 Å². The van der Waals surface area contributed by atoms with Crippen LogP contribution in [-0.4, -0.2) is 5.24 Å². The SMILES string of the molecule is [2H]C([2H])([2H])CCCCCCCCC(=O)Cl. The molecule has 0 N–H and O–H groups in total. The lowest BCUT2D eigenvalue weighted by Gasteiger charge is -1.98. The highest BCUT2D eigenvalue weighted by Crippen LogP contribution is 2.08. The Morgan fingerprint density at radius 2 is 1.75 bits per heavy atom.